The Bertz CT molecular complexity index is 2470. The van der Waals surface area contributed by atoms with Crippen LogP contribution in [0.2, 0.25) is 0 Å². The van der Waals surface area contributed by atoms with Gasteiger partial charge in [0.15, 0.2) is 0 Å². The summed E-state index contributed by atoms with van der Waals surface area (Å²) in [6.45, 7) is 4.57. The molecule has 88 heavy (non-hydrogen) atoms. The number of ether oxygens (including phenoxy) is 1. The van der Waals surface area contributed by atoms with Crippen molar-refractivity contribution in [2.75, 3.05) is 39.3 Å². The summed E-state index contributed by atoms with van der Waals surface area (Å²) in [5, 5.41) is 49.4. The first-order valence-corrected chi connectivity index (χ1v) is 30.3. The van der Waals surface area contributed by atoms with E-state index < -0.39 is 157 Å². The van der Waals surface area contributed by atoms with Crippen molar-refractivity contribution >= 4 is 70.9 Å². The van der Waals surface area contributed by atoms with Gasteiger partial charge in [-0.25, -0.2) is 0 Å². The molecule has 12 atom stereocenters. The van der Waals surface area contributed by atoms with Gasteiger partial charge in [0.25, 0.3) is 0 Å². The van der Waals surface area contributed by atoms with Crippen LogP contribution in [0.4, 0.5) is 0 Å². The number of rotatable bonds is 27. The molecule has 1 saturated carbocycles. The molecule has 494 valence electrons. The van der Waals surface area contributed by atoms with E-state index in [9.17, 15) is 67.7 Å². The van der Waals surface area contributed by atoms with Gasteiger partial charge >= 0.3 is 5.97 Å². The maximum absolute atomic E-state index is 14.6. The maximum atomic E-state index is 14.6. The van der Waals surface area contributed by atoms with Gasteiger partial charge in [-0.3, -0.25) is 57.5 Å². The van der Waals surface area contributed by atoms with Crippen molar-refractivity contribution in [3.8, 4) is 0 Å². The molecule has 0 radical (unpaired) electrons. The van der Waals surface area contributed by atoms with E-state index in [1.54, 1.807) is 44.2 Å². The summed E-state index contributed by atoms with van der Waals surface area (Å²) in [5.41, 5.74) is 29.9. The van der Waals surface area contributed by atoms with Gasteiger partial charge in [-0.15, -0.1) is 0 Å². The predicted octanol–water partition coefficient (Wildman–Crippen LogP) is -6.20. The maximum Gasteiger partial charge on any atom is 0.306 e. The Morgan fingerprint density at radius 3 is 1.58 bits per heavy atom. The van der Waals surface area contributed by atoms with Gasteiger partial charge < -0.3 is 102 Å². The van der Waals surface area contributed by atoms with Crippen LogP contribution in [0.1, 0.15) is 123 Å². The standard InChI is InChI=1S/C57H96N16O15/c1-31(2)29-42-54(84)67-37(18-24-59)48(78)66-40(21-27-62)53(83)72-46(32(3)74)56(86)63-28-22-41(51(81)65-38(19-25-60)50(80)71-43(55(85)70-42)30-34-11-7-5-8-12-34)68-49(79)39(20-26-61)69-57(87)47(33(4)75)73-52(82)36(17-23-58)64-44(76)15-16-45(77)88-35-13-9-6-10-14-35/h5,7-8,11-12,31-33,35-43,46-47,74-75H,6,9-10,13-30,58-62H2,1-4H3,(H,63,86)(H,64,76)(H,65,81)(H,66,78)(H,67,84)(H,68,79)(H,69,87)(H,70,85)(H,71,80)(H,72,83)(H,73,82)/t32?,33?,36-,37-,38-,39-,40-,41-,42-,43+,46-,47-/m0/s1. The number of aliphatic hydroxyl groups excluding tert-OH is 2. The van der Waals surface area contributed by atoms with E-state index in [4.69, 9.17) is 33.4 Å². The molecule has 2 fully saturated rings. The highest BCUT2D eigenvalue weighted by Gasteiger charge is 2.38. The zero-order valence-electron chi connectivity index (χ0n) is 50.9. The number of nitrogens with one attached hydrogen (secondary N) is 11. The van der Waals surface area contributed by atoms with Gasteiger partial charge in [-0.2, -0.15) is 0 Å². The van der Waals surface area contributed by atoms with Gasteiger partial charge in [0, 0.05) is 19.4 Å². The van der Waals surface area contributed by atoms with E-state index >= 15 is 0 Å². The summed E-state index contributed by atoms with van der Waals surface area (Å²) < 4.78 is 5.48. The SMILES string of the molecule is CC(C)C[C@@H]1NC(=O)[C@@H](Cc2ccccc2)NC(=O)[C@H](CCN)NC(=O)[C@@H](NC(=O)[C@H](CCN)NC(=O)[C@@H](NC(=O)[C@H](CCN)NC(=O)CCC(=O)OC2CCCCC2)C(C)O)CCNC(=O)[C@H](C(C)O)NC(=O)[C@H](CCN)NC(=O)[C@H](CCN)NC1=O. The average Bonchev–Trinajstić information content (AvgIpc) is 3.55. The molecule has 0 spiro atoms. The smallest absolute Gasteiger partial charge is 0.306 e. The lowest BCUT2D eigenvalue weighted by atomic mass is 9.98. The number of carbonyl (C=O) groups excluding carboxylic acids is 12. The first-order valence-electron chi connectivity index (χ1n) is 30.3. The van der Waals surface area contributed by atoms with Crippen LogP contribution in [0.15, 0.2) is 30.3 Å². The lowest BCUT2D eigenvalue weighted by Gasteiger charge is -2.29. The van der Waals surface area contributed by atoms with Crippen molar-refractivity contribution in [1.29, 1.82) is 0 Å². The van der Waals surface area contributed by atoms with Crippen molar-refractivity contribution in [3.05, 3.63) is 35.9 Å². The summed E-state index contributed by atoms with van der Waals surface area (Å²) in [6, 6.07) is -6.66. The van der Waals surface area contributed by atoms with E-state index in [0.717, 1.165) is 32.1 Å². The van der Waals surface area contributed by atoms with Crippen molar-refractivity contribution in [2.24, 2.45) is 34.6 Å². The molecule has 0 aromatic heterocycles. The molecule has 3 rings (SSSR count). The third-order valence-corrected chi connectivity index (χ3v) is 14.6. The van der Waals surface area contributed by atoms with Crippen LogP contribution in [-0.2, 0) is 68.7 Å². The summed E-state index contributed by atoms with van der Waals surface area (Å²) in [5.74, 6) is -11.1. The fraction of sp³-hybridized carbons (Fsp3) is 0.684. The molecule has 31 nitrogen and oxygen atoms in total. The van der Waals surface area contributed by atoms with E-state index in [0.29, 0.717) is 5.56 Å². The molecule has 2 unspecified atom stereocenters. The number of nitrogens with two attached hydrogens (primary N) is 5. The van der Waals surface area contributed by atoms with Crippen LogP contribution in [0.3, 0.4) is 0 Å². The van der Waals surface area contributed by atoms with E-state index in [1.807, 2.05) is 0 Å². The Labute approximate surface area is 512 Å². The third-order valence-electron chi connectivity index (χ3n) is 14.6. The van der Waals surface area contributed by atoms with E-state index in [2.05, 4.69) is 58.5 Å². The van der Waals surface area contributed by atoms with Gasteiger partial charge in [0.05, 0.1) is 18.6 Å². The molecule has 2 aliphatic rings. The molecule has 1 aliphatic heterocycles. The largest absolute Gasteiger partial charge is 0.462 e. The van der Waals surface area contributed by atoms with E-state index in [-0.39, 0.29) is 103 Å². The minimum Gasteiger partial charge on any atom is -0.462 e. The van der Waals surface area contributed by atoms with Gasteiger partial charge in [0.2, 0.25) is 65.0 Å². The Kier molecular flexibility index (Phi) is 33.6. The summed E-state index contributed by atoms with van der Waals surface area (Å²) in [6.07, 6.45) is -1.28. The second kappa shape index (κ2) is 39.5. The molecule has 1 aromatic carbocycles. The van der Waals surface area contributed by atoms with Crippen LogP contribution in [0.5, 0.6) is 0 Å². The third kappa shape index (κ3) is 26.1. The molecular formula is C57H96N16O15. The number of amides is 11. The van der Waals surface area contributed by atoms with Crippen molar-refractivity contribution in [2.45, 2.75) is 203 Å². The Morgan fingerprint density at radius 2 is 1.06 bits per heavy atom. The summed E-state index contributed by atoms with van der Waals surface area (Å²) in [7, 11) is 0. The number of aliphatic hydroxyl groups is 2. The number of hydrogen-bond donors (Lipinski definition) is 18. The molecule has 1 saturated heterocycles. The number of hydrogen-bond acceptors (Lipinski definition) is 20. The molecule has 1 aromatic rings. The van der Waals surface area contributed by atoms with Crippen molar-refractivity contribution in [3.63, 3.8) is 0 Å². The highest BCUT2D eigenvalue weighted by molar-refractivity contribution is 5.99. The molecule has 11 amide bonds. The Morgan fingerprint density at radius 1 is 0.557 bits per heavy atom. The van der Waals surface area contributed by atoms with Gasteiger partial charge in [-0.1, -0.05) is 50.6 Å². The average molecular weight is 1250 g/mol. The first kappa shape index (κ1) is 74.8. The van der Waals surface area contributed by atoms with Crippen LogP contribution >= 0.6 is 0 Å². The van der Waals surface area contributed by atoms with Crippen molar-refractivity contribution in [1.82, 2.24) is 58.5 Å². The monoisotopic (exact) mass is 1240 g/mol. The zero-order chi connectivity index (χ0) is 65.5. The second-order valence-corrected chi connectivity index (χ2v) is 22.5. The number of esters is 1. The lowest BCUT2D eigenvalue weighted by molar-refractivity contribution is -0.151. The molecule has 23 N–H and O–H groups in total. The highest BCUT2D eigenvalue weighted by atomic mass is 16.5. The molecule has 0 bridgehead atoms. The summed E-state index contributed by atoms with van der Waals surface area (Å²) in [4.78, 5) is 167. The molecule has 1 aliphatic carbocycles. The first-order chi connectivity index (χ1) is 41.8. The van der Waals surface area contributed by atoms with Crippen LogP contribution < -0.4 is 87.2 Å². The minimum atomic E-state index is -1.77. The van der Waals surface area contributed by atoms with E-state index in [1.165, 1.54) is 13.8 Å². The molecule has 1 heterocycles. The molecular weight excluding hydrogens is 1150 g/mol. The Hall–Kier alpha value is -7.42. The zero-order valence-corrected chi connectivity index (χ0v) is 50.9. The fourth-order valence-corrected chi connectivity index (χ4v) is 9.78. The normalized spacial score (nSPS) is 23.3. The Balaban J connectivity index is 2.03. The lowest BCUT2D eigenvalue weighted by Crippen LogP contribution is -2.62. The quantitative estimate of drug-likeness (QED) is 0.0365. The van der Waals surface area contributed by atoms with Gasteiger partial charge in [-0.05, 0) is 129 Å². The van der Waals surface area contributed by atoms with Crippen LogP contribution in [0.25, 0.3) is 0 Å². The minimum absolute atomic E-state index is 0.0351. The topological polar surface area (TPSA) is 517 Å². The van der Waals surface area contributed by atoms with Crippen LogP contribution in [-0.4, -0.2) is 199 Å². The summed E-state index contributed by atoms with van der Waals surface area (Å²) >= 11 is 0. The highest BCUT2D eigenvalue weighted by Crippen LogP contribution is 2.21. The number of benzene rings is 1. The predicted molar refractivity (Wildman–Crippen MR) is 320 cm³/mol. The van der Waals surface area contributed by atoms with Crippen LogP contribution in [0, 0.1) is 5.92 Å². The second-order valence-electron chi connectivity index (χ2n) is 22.5. The van der Waals surface area contributed by atoms with Crippen molar-refractivity contribution < 1.29 is 72.5 Å². The fourth-order valence-electron chi connectivity index (χ4n) is 9.78. The molecule has 31 heteroatoms. The number of carbonyl (C=O) groups is 12. The van der Waals surface area contributed by atoms with Gasteiger partial charge in [0.1, 0.15) is 66.5 Å².